The van der Waals surface area contributed by atoms with Gasteiger partial charge >= 0.3 is 0 Å². The number of unbranched alkanes of at least 4 members (excludes halogenated alkanes) is 1. The van der Waals surface area contributed by atoms with Gasteiger partial charge in [0, 0.05) is 5.39 Å². The average Bonchev–Trinajstić information content (AvgIpc) is 2.34. The first-order valence-corrected chi connectivity index (χ1v) is 7.46. The average molecular weight is 264 g/mol. The summed E-state index contributed by atoms with van der Waals surface area (Å²) in [6, 6.07) is 10.6. The van der Waals surface area contributed by atoms with Crippen molar-refractivity contribution in [3.8, 4) is 0 Å². The molecule has 0 radical (unpaired) electrons. The van der Waals surface area contributed by atoms with E-state index < -0.39 is 10.1 Å². The summed E-state index contributed by atoms with van der Waals surface area (Å²) in [5.74, 6) is 0. The Labute approximate surface area is 107 Å². The third-order valence-corrected chi connectivity index (χ3v) is 3.96. The summed E-state index contributed by atoms with van der Waals surface area (Å²) in [6.45, 7) is 2.12. The fraction of sp³-hybridized carbons (Fsp3) is 0.286. The highest BCUT2D eigenvalue weighted by atomic mass is 32.2. The van der Waals surface area contributed by atoms with Crippen LogP contribution in [0.3, 0.4) is 0 Å². The molecule has 0 bridgehead atoms. The van der Waals surface area contributed by atoms with Crippen LogP contribution in [-0.2, 0) is 16.5 Å². The van der Waals surface area contributed by atoms with Gasteiger partial charge in [-0.05, 0) is 29.9 Å². The lowest BCUT2D eigenvalue weighted by molar-refractivity contribution is 0.484. The van der Waals surface area contributed by atoms with Crippen LogP contribution < -0.4 is 0 Å². The van der Waals surface area contributed by atoms with Crippen LogP contribution in [0, 0.1) is 0 Å². The highest BCUT2D eigenvalue weighted by Crippen LogP contribution is 2.27. The summed E-state index contributed by atoms with van der Waals surface area (Å²) in [5, 5.41) is 1.50. The van der Waals surface area contributed by atoms with E-state index in [1.165, 1.54) is 6.07 Å². The maximum Gasteiger partial charge on any atom is 0.295 e. The Bertz CT molecular complexity index is 660. The van der Waals surface area contributed by atoms with Crippen molar-refractivity contribution in [1.82, 2.24) is 0 Å². The van der Waals surface area contributed by atoms with Gasteiger partial charge in [0.15, 0.2) is 0 Å². The summed E-state index contributed by atoms with van der Waals surface area (Å²) < 4.78 is 31.9. The van der Waals surface area contributed by atoms with Crippen LogP contribution in [0.15, 0.2) is 41.3 Å². The Kier molecular flexibility index (Phi) is 3.68. The van der Waals surface area contributed by atoms with Gasteiger partial charge in [0.05, 0.1) is 0 Å². The molecular weight excluding hydrogens is 248 g/mol. The zero-order valence-corrected chi connectivity index (χ0v) is 11.1. The normalized spacial score (nSPS) is 11.9. The van der Waals surface area contributed by atoms with Gasteiger partial charge in [-0.2, -0.15) is 8.42 Å². The number of fused-ring (bicyclic) bond motifs is 1. The number of hydrogen-bond donors (Lipinski definition) is 1. The Morgan fingerprint density at radius 3 is 2.33 bits per heavy atom. The van der Waals surface area contributed by atoms with Gasteiger partial charge in [-0.3, -0.25) is 4.55 Å². The zero-order valence-electron chi connectivity index (χ0n) is 10.3. The van der Waals surface area contributed by atoms with Gasteiger partial charge < -0.3 is 0 Å². The van der Waals surface area contributed by atoms with Crippen molar-refractivity contribution in [2.75, 3.05) is 0 Å². The lowest BCUT2D eigenvalue weighted by atomic mass is 10.0. The summed E-state index contributed by atoms with van der Waals surface area (Å²) in [7, 11) is -4.17. The number of hydrogen-bond acceptors (Lipinski definition) is 2. The Balaban J connectivity index is 2.66. The standard InChI is InChI=1S/C14H16O3S/c1-2-3-6-11-9-10-14(18(15,16)17)13-8-5-4-7-12(11)13/h4-5,7-10H,2-3,6H2,1H3,(H,15,16,17). The largest absolute Gasteiger partial charge is 0.295 e. The fourth-order valence-corrected chi connectivity index (χ4v) is 2.84. The molecule has 3 nitrogen and oxygen atoms in total. The quantitative estimate of drug-likeness (QED) is 0.861. The molecule has 18 heavy (non-hydrogen) atoms. The highest BCUT2D eigenvalue weighted by molar-refractivity contribution is 7.86. The van der Waals surface area contributed by atoms with E-state index in [1.807, 2.05) is 12.1 Å². The van der Waals surface area contributed by atoms with Crippen LogP contribution in [0.5, 0.6) is 0 Å². The number of benzene rings is 2. The predicted molar refractivity (Wildman–Crippen MR) is 72.4 cm³/mol. The first-order chi connectivity index (χ1) is 8.54. The summed E-state index contributed by atoms with van der Waals surface area (Å²) in [6.07, 6.45) is 3.08. The van der Waals surface area contributed by atoms with E-state index in [1.54, 1.807) is 18.2 Å². The van der Waals surface area contributed by atoms with Gasteiger partial charge in [-0.25, -0.2) is 0 Å². The van der Waals surface area contributed by atoms with Crippen LogP contribution in [0.25, 0.3) is 10.8 Å². The minimum Gasteiger partial charge on any atom is -0.282 e. The molecule has 96 valence electrons. The van der Waals surface area contributed by atoms with Crippen LogP contribution in [0.4, 0.5) is 0 Å². The molecular formula is C14H16O3S. The molecule has 2 rings (SSSR count). The van der Waals surface area contributed by atoms with Crippen molar-refractivity contribution in [3.63, 3.8) is 0 Å². The molecule has 0 atom stereocenters. The van der Waals surface area contributed by atoms with Gasteiger partial charge in [-0.15, -0.1) is 0 Å². The van der Waals surface area contributed by atoms with E-state index in [4.69, 9.17) is 0 Å². The zero-order chi connectivity index (χ0) is 13.2. The van der Waals surface area contributed by atoms with Crippen molar-refractivity contribution < 1.29 is 13.0 Å². The van der Waals surface area contributed by atoms with E-state index in [-0.39, 0.29) is 4.90 Å². The molecule has 0 saturated carbocycles. The lowest BCUT2D eigenvalue weighted by Crippen LogP contribution is -2.00. The summed E-state index contributed by atoms with van der Waals surface area (Å²) in [5.41, 5.74) is 1.12. The van der Waals surface area contributed by atoms with Gasteiger partial charge in [0.25, 0.3) is 10.1 Å². The first-order valence-electron chi connectivity index (χ1n) is 6.02. The van der Waals surface area contributed by atoms with E-state index in [0.29, 0.717) is 5.39 Å². The van der Waals surface area contributed by atoms with Crippen molar-refractivity contribution in [2.24, 2.45) is 0 Å². The van der Waals surface area contributed by atoms with E-state index in [2.05, 4.69) is 6.92 Å². The lowest BCUT2D eigenvalue weighted by Gasteiger charge is -2.09. The van der Waals surface area contributed by atoms with Crippen LogP contribution in [0.1, 0.15) is 25.3 Å². The van der Waals surface area contributed by atoms with Crippen LogP contribution >= 0.6 is 0 Å². The van der Waals surface area contributed by atoms with Crippen LogP contribution in [0.2, 0.25) is 0 Å². The second-order valence-corrected chi connectivity index (χ2v) is 5.74. The molecule has 0 heterocycles. The molecule has 0 unspecified atom stereocenters. The molecule has 2 aromatic carbocycles. The maximum atomic E-state index is 11.3. The Morgan fingerprint density at radius 2 is 1.72 bits per heavy atom. The summed E-state index contributed by atoms with van der Waals surface area (Å²) >= 11 is 0. The second-order valence-electron chi connectivity index (χ2n) is 4.35. The molecule has 0 aliphatic carbocycles. The smallest absolute Gasteiger partial charge is 0.282 e. The molecule has 1 N–H and O–H groups in total. The van der Waals surface area contributed by atoms with Crippen molar-refractivity contribution in [3.05, 3.63) is 42.0 Å². The number of aryl methyl sites for hydroxylation is 1. The molecule has 2 aromatic rings. The fourth-order valence-electron chi connectivity index (χ4n) is 2.14. The monoisotopic (exact) mass is 264 g/mol. The highest BCUT2D eigenvalue weighted by Gasteiger charge is 2.15. The van der Waals surface area contributed by atoms with E-state index in [9.17, 15) is 13.0 Å². The van der Waals surface area contributed by atoms with Crippen LogP contribution in [-0.4, -0.2) is 13.0 Å². The second kappa shape index (κ2) is 5.08. The summed E-state index contributed by atoms with van der Waals surface area (Å²) in [4.78, 5) is -0.0154. The topological polar surface area (TPSA) is 54.4 Å². The Hall–Kier alpha value is -1.39. The molecule has 0 aromatic heterocycles. The Morgan fingerprint density at radius 1 is 1.06 bits per heavy atom. The predicted octanol–water partition coefficient (Wildman–Crippen LogP) is 3.43. The third kappa shape index (κ3) is 2.54. The maximum absolute atomic E-state index is 11.3. The molecule has 0 aliphatic heterocycles. The molecule has 0 amide bonds. The van der Waals surface area contributed by atoms with Crippen molar-refractivity contribution in [2.45, 2.75) is 31.1 Å². The SMILES string of the molecule is CCCCc1ccc(S(=O)(=O)O)c2ccccc12. The van der Waals surface area contributed by atoms with Gasteiger partial charge in [0.1, 0.15) is 4.90 Å². The molecule has 0 fully saturated rings. The van der Waals surface area contributed by atoms with Crippen molar-refractivity contribution in [1.29, 1.82) is 0 Å². The van der Waals surface area contributed by atoms with E-state index in [0.717, 1.165) is 30.2 Å². The third-order valence-electron chi connectivity index (χ3n) is 3.05. The number of rotatable bonds is 4. The van der Waals surface area contributed by atoms with Gasteiger partial charge in [-0.1, -0.05) is 43.7 Å². The molecule has 0 spiro atoms. The molecule has 4 heteroatoms. The van der Waals surface area contributed by atoms with E-state index >= 15 is 0 Å². The van der Waals surface area contributed by atoms with Crippen molar-refractivity contribution >= 4 is 20.9 Å². The molecule has 0 aliphatic rings. The molecule has 0 saturated heterocycles. The first kappa shape index (κ1) is 13.1. The van der Waals surface area contributed by atoms with Gasteiger partial charge in [0.2, 0.25) is 0 Å². The minimum atomic E-state index is -4.17. The minimum absolute atomic E-state index is 0.0154.